The van der Waals surface area contributed by atoms with E-state index in [1.807, 2.05) is 41.9 Å². The summed E-state index contributed by atoms with van der Waals surface area (Å²) < 4.78 is 12.4. The van der Waals surface area contributed by atoms with Gasteiger partial charge in [0.1, 0.15) is 24.2 Å². The number of carbonyl (C=O) groups excluding carboxylic acids is 1. The second-order valence-electron chi connectivity index (χ2n) is 5.28. The van der Waals surface area contributed by atoms with Gasteiger partial charge in [0.15, 0.2) is 5.15 Å². The molecule has 0 amide bonds. The normalized spacial score (nSPS) is 11.4. The number of oxazole rings is 1. The number of imidazole rings is 1. The van der Waals surface area contributed by atoms with Gasteiger partial charge in [-0.05, 0) is 29.7 Å². The van der Waals surface area contributed by atoms with E-state index < -0.39 is 5.97 Å². The van der Waals surface area contributed by atoms with E-state index in [0.717, 1.165) is 4.88 Å². The van der Waals surface area contributed by atoms with Gasteiger partial charge in [-0.1, -0.05) is 23.7 Å². The highest BCUT2D eigenvalue weighted by atomic mass is 35.5. The summed E-state index contributed by atoms with van der Waals surface area (Å²) >= 11 is 7.65. The van der Waals surface area contributed by atoms with Crippen molar-refractivity contribution in [1.82, 2.24) is 14.4 Å². The highest BCUT2D eigenvalue weighted by Crippen LogP contribution is 2.24. The first kappa shape index (κ1) is 16.6. The highest BCUT2D eigenvalue weighted by Gasteiger charge is 2.10. The summed E-state index contributed by atoms with van der Waals surface area (Å²) in [6.07, 6.45) is 6.18. The Bertz CT molecular complexity index is 1080. The van der Waals surface area contributed by atoms with Crippen LogP contribution in [0.25, 0.3) is 22.5 Å². The number of hydrogen-bond acceptors (Lipinski definition) is 6. The first-order chi connectivity index (χ1) is 12.7. The predicted molar refractivity (Wildman–Crippen MR) is 98.8 cm³/mol. The standard InChI is InChI=1S/C18H12ClN3O3S/c19-17-13(22-8-2-1-5-15(22)21-17)6-7-16(23)24-10-12-11-25-18(20-12)14-4-3-9-26-14/h1-9,11H,10H2/b7-6+. The Morgan fingerprint density at radius 1 is 1.31 bits per heavy atom. The predicted octanol–water partition coefficient (Wildman–Crippen LogP) is 4.46. The highest BCUT2D eigenvalue weighted by molar-refractivity contribution is 7.13. The summed E-state index contributed by atoms with van der Waals surface area (Å²) in [7, 11) is 0. The zero-order chi connectivity index (χ0) is 17.9. The molecule has 130 valence electrons. The Balaban J connectivity index is 1.41. The molecule has 0 bridgehead atoms. The lowest BCUT2D eigenvalue weighted by Crippen LogP contribution is -2.01. The molecule has 0 atom stereocenters. The number of carbonyl (C=O) groups is 1. The largest absolute Gasteiger partial charge is 0.456 e. The Labute approximate surface area is 157 Å². The van der Waals surface area contributed by atoms with Gasteiger partial charge in [0.25, 0.3) is 0 Å². The smallest absolute Gasteiger partial charge is 0.331 e. The Hall–Kier alpha value is -2.90. The Morgan fingerprint density at radius 2 is 2.23 bits per heavy atom. The molecule has 4 aromatic heterocycles. The van der Waals surface area contributed by atoms with E-state index in [4.69, 9.17) is 20.8 Å². The van der Waals surface area contributed by atoms with Crippen molar-refractivity contribution >= 4 is 40.6 Å². The van der Waals surface area contributed by atoms with Crippen LogP contribution in [0.2, 0.25) is 5.15 Å². The molecule has 0 aliphatic carbocycles. The quantitative estimate of drug-likeness (QED) is 0.374. The van der Waals surface area contributed by atoms with Crippen molar-refractivity contribution in [3.8, 4) is 10.8 Å². The fourth-order valence-electron chi connectivity index (χ4n) is 2.36. The van der Waals surface area contributed by atoms with Crippen molar-refractivity contribution in [2.45, 2.75) is 6.61 Å². The van der Waals surface area contributed by atoms with Gasteiger partial charge in [0.05, 0.1) is 10.6 Å². The molecule has 0 unspecified atom stereocenters. The summed E-state index contributed by atoms with van der Waals surface area (Å²) in [6, 6.07) is 9.38. The molecule has 0 fully saturated rings. The molecule has 26 heavy (non-hydrogen) atoms. The van der Waals surface area contributed by atoms with Crippen LogP contribution < -0.4 is 0 Å². The molecular weight excluding hydrogens is 374 g/mol. The average Bonchev–Trinajstić information content (AvgIpc) is 3.37. The molecule has 0 spiro atoms. The summed E-state index contributed by atoms with van der Waals surface area (Å²) in [5, 5.41) is 2.26. The van der Waals surface area contributed by atoms with Crippen LogP contribution in [0.4, 0.5) is 0 Å². The van der Waals surface area contributed by atoms with Crippen LogP contribution in [0.5, 0.6) is 0 Å². The molecule has 0 aromatic carbocycles. The molecule has 0 radical (unpaired) electrons. The SMILES string of the molecule is O=C(/C=C/c1c(Cl)nc2ccccn12)OCc1coc(-c2cccs2)n1. The van der Waals surface area contributed by atoms with E-state index in [0.29, 0.717) is 28.1 Å². The van der Waals surface area contributed by atoms with Crippen molar-refractivity contribution < 1.29 is 13.9 Å². The minimum absolute atomic E-state index is 0.0267. The number of thiophene rings is 1. The number of pyridine rings is 1. The Kier molecular flexibility index (Phi) is 4.55. The van der Waals surface area contributed by atoms with Gasteiger partial charge in [-0.25, -0.2) is 14.8 Å². The number of halogens is 1. The van der Waals surface area contributed by atoms with Crippen LogP contribution in [-0.2, 0) is 16.1 Å². The second kappa shape index (κ2) is 7.15. The zero-order valence-electron chi connectivity index (χ0n) is 13.3. The summed E-state index contributed by atoms with van der Waals surface area (Å²) in [6.45, 7) is 0.0267. The van der Waals surface area contributed by atoms with Crippen molar-refractivity contribution in [3.05, 3.63) is 70.8 Å². The molecule has 0 aliphatic heterocycles. The second-order valence-corrected chi connectivity index (χ2v) is 6.58. The number of esters is 1. The van der Waals surface area contributed by atoms with Crippen LogP contribution >= 0.6 is 22.9 Å². The monoisotopic (exact) mass is 385 g/mol. The van der Waals surface area contributed by atoms with Crippen LogP contribution in [0.3, 0.4) is 0 Å². The fraction of sp³-hybridized carbons (Fsp3) is 0.0556. The van der Waals surface area contributed by atoms with Crippen molar-refractivity contribution in [1.29, 1.82) is 0 Å². The lowest BCUT2D eigenvalue weighted by Gasteiger charge is -1.98. The number of hydrogen-bond donors (Lipinski definition) is 0. The van der Waals surface area contributed by atoms with Gasteiger partial charge in [-0.3, -0.25) is 4.40 Å². The van der Waals surface area contributed by atoms with Gasteiger partial charge in [0, 0.05) is 12.3 Å². The molecule has 0 saturated carbocycles. The molecule has 0 N–H and O–H groups in total. The maximum Gasteiger partial charge on any atom is 0.331 e. The minimum atomic E-state index is -0.507. The maximum absolute atomic E-state index is 12.0. The fourth-order valence-corrected chi connectivity index (χ4v) is 3.26. The number of fused-ring (bicyclic) bond motifs is 1. The third kappa shape index (κ3) is 3.40. The molecule has 8 heteroatoms. The average molecular weight is 386 g/mol. The molecule has 6 nitrogen and oxygen atoms in total. The van der Waals surface area contributed by atoms with E-state index in [2.05, 4.69) is 9.97 Å². The number of ether oxygens (including phenoxy) is 1. The molecule has 4 heterocycles. The van der Waals surface area contributed by atoms with Crippen molar-refractivity contribution in [2.75, 3.05) is 0 Å². The lowest BCUT2D eigenvalue weighted by atomic mass is 10.4. The van der Waals surface area contributed by atoms with Gasteiger partial charge in [-0.2, -0.15) is 0 Å². The Morgan fingerprint density at radius 3 is 3.08 bits per heavy atom. The molecule has 0 aliphatic rings. The zero-order valence-corrected chi connectivity index (χ0v) is 14.9. The van der Waals surface area contributed by atoms with Gasteiger partial charge < -0.3 is 9.15 Å². The first-order valence-corrected chi connectivity index (χ1v) is 8.92. The van der Waals surface area contributed by atoms with Crippen LogP contribution in [0.1, 0.15) is 11.4 Å². The van der Waals surface area contributed by atoms with Gasteiger partial charge in [0.2, 0.25) is 5.89 Å². The van der Waals surface area contributed by atoms with Gasteiger partial charge in [-0.15, -0.1) is 11.3 Å². The summed E-state index contributed by atoms with van der Waals surface area (Å²) in [5.74, 6) is 0.00623. The van der Waals surface area contributed by atoms with E-state index in [1.54, 1.807) is 10.5 Å². The maximum atomic E-state index is 12.0. The van der Waals surface area contributed by atoms with E-state index in [1.165, 1.54) is 23.7 Å². The molecule has 4 rings (SSSR count). The topological polar surface area (TPSA) is 69.6 Å². The third-order valence-electron chi connectivity index (χ3n) is 3.55. The van der Waals surface area contributed by atoms with E-state index >= 15 is 0 Å². The van der Waals surface area contributed by atoms with E-state index in [9.17, 15) is 4.79 Å². The molecular formula is C18H12ClN3O3S. The number of rotatable bonds is 5. The van der Waals surface area contributed by atoms with Crippen molar-refractivity contribution in [3.63, 3.8) is 0 Å². The lowest BCUT2D eigenvalue weighted by molar-refractivity contribution is -0.139. The van der Waals surface area contributed by atoms with Crippen LogP contribution in [0, 0.1) is 0 Å². The van der Waals surface area contributed by atoms with Crippen molar-refractivity contribution in [2.24, 2.45) is 0 Å². The van der Waals surface area contributed by atoms with Crippen LogP contribution in [-0.4, -0.2) is 20.3 Å². The molecule has 0 saturated heterocycles. The van der Waals surface area contributed by atoms with Crippen LogP contribution in [0.15, 0.2) is 58.7 Å². The molecule has 4 aromatic rings. The summed E-state index contributed by atoms with van der Waals surface area (Å²) in [4.78, 5) is 21.4. The number of nitrogens with zero attached hydrogens (tertiary/aromatic N) is 3. The summed E-state index contributed by atoms with van der Waals surface area (Å²) in [5.41, 5.74) is 1.86. The minimum Gasteiger partial charge on any atom is -0.456 e. The van der Waals surface area contributed by atoms with E-state index in [-0.39, 0.29) is 6.61 Å². The number of aromatic nitrogens is 3. The van der Waals surface area contributed by atoms with Gasteiger partial charge >= 0.3 is 5.97 Å². The first-order valence-electron chi connectivity index (χ1n) is 7.66. The third-order valence-corrected chi connectivity index (χ3v) is 4.68.